The van der Waals surface area contributed by atoms with Gasteiger partial charge in [-0.2, -0.15) is 0 Å². The van der Waals surface area contributed by atoms with E-state index in [1.165, 1.54) is 16.6 Å². The topological polar surface area (TPSA) is 30.7 Å². The van der Waals surface area contributed by atoms with Crippen LogP contribution in [-0.2, 0) is 25.6 Å². The van der Waals surface area contributed by atoms with Gasteiger partial charge in [-0.05, 0) is 54.8 Å². The number of allylic oxidation sites excluding steroid dienone is 1. The van der Waals surface area contributed by atoms with Gasteiger partial charge in [0.25, 0.3) is 0 Å². The van der Waals surface area contributed by atoms with Crippen LogP contribution in [0.15, 0.2) is 91.1 Å². The zero-order valence-electron chi connectivity index (χ0n) is 21.0. The van der Waals surface area contributed by atoms with E-state index >= 15 is 0 Å². The van der Waals surface area contributed by atoms with Gasteiger partial charge in [-0.15, -0.1) is 71.8 Å². The summed E-state index contributed by atoms with van der Waals surface area (Å²) in [5.41, 5.74) is 7.87. The van der Waals surface area contributed by atoms with Crippen molar-refractivity contribution in [3.8, 4) is 22.6 Å². The molecule has 0 amide bonds. The van der Waals surface area contributed by atoms with Crippen LogP contribution >= 0.6 is 0 Å². The number of hydrogen-bond donors (Lipinski definition) is 0. The van der Waals surface area contributed by atoms with E-state index < -0.39 is 0 Å². The minimum absolute atomic E-state index is 0. The Hall–Kier alpha value is -3.33. The molecule has 1 aliphatic rings. The Kier molecular flexibility index (Phi) is 7.68. The van der Waals surface area contributed by atoms with Crippen molar-refractivity contribution in [3.05, 3.63) is 114 Å². The zero-order valence-corrected chi connectivity index (χ0v) is 23.4. The average Bonchev–Trinajstić information content (AvgIpc) is 3.30. The van der Waals surface area contributed by atoms with Crippen LogP contribution in [0.4, 0.5) is 0 Å². The number of pyridine rings is 1. The predicted molar refractivity (Wildman–Crippen MR) is 145 cm³/mol. The standard InChI is InChI=1S/C21H21N2.C11H8N.Ir/c1-14(2)17-12-16-10-11-21(3,4)23-19(16)18(13-17)22-20(23)15-8-6-5-7-9-15;1-2-6-10(7-3-1)11-8-4-5-9-12-11;/h5-8,10-14H,1-4H3;1-6,8-9H;/q2*-1;. The summed E-state index contributed by atoms with van der Waals surface area (Å²) in [6.07, 6.45) is 6.30. The van der Waals surface area contributed by atoms with Gasteiger partial charge in [-0.3, -0.25) is 4.98 Å². The molecule has 0 spiro atoms. The van der Waals surface area contributed by atoms with Crippen molar-refractivity contribution < 1.29 is 20.1 Å². The molecule has 0 saturated carbocycles. The summed E-state index contributed by atoms with van der Waals surface area (Å²) >= 11 is 0. The molecule has 0 aliphatic carbocycles. The third-order valence-corrected chi connectivity index (χ3v) is 6.32. The first-order chi connectivity index (χ1) is 16.9. The summed E-state index contributed by atoms with van der Waals surface area (Å²) in [7, 11) is 0. The first kappa shape index (κ1) is 25.8. The fraction of sp³-hybridized carbons (Fsp3) is 0.188. The SMILES string of the molecule is CC(C)c1cc2c3c(c1)nc(-c1[c-]cccc1)n3C(C)(C)C=C2.[Ir].[c-]1ccccc1-c1ccccn1. The molecule has 4 heteroatoms. The summed E-state index contributed by atoms with van der Waals surface area (Å²) in [4.78, 5) is 9.20. The van der Waals surface area contributed by atoms with Gasteiger partial charge in [0.05, 0.1) is 22.4 Å². The Balaban J connectivity index is 0.000000198. The average molecular weight is 648 g/mol. The largest absolute Gasteiger partial charge is 0.355 e. The molecule has 2 aromatic heterocycles. The monoisotopic (exact) mass is 648 g/mol. The number of nitrogens with zero attached hydrogens (tertiary/aromatic N) is 3. The molecule has 0 atom stereocenters. The third kappa shape index (κ3) is 5.11. The first-order valence-corrected chi connectivity index (χ1v) is 12.1. The first-order valence-electron chi connectivity index (χ1n) is 12.1. The number of rotatable bonds is 3. The van der Waals surface area contributed by atoms with Gasteiger partial charge < -0.3 is 9.55 Å². The molecule has 1 aliphatic heterocycles. The van der Waals surface area contributed by atoms with E-state index in [4.69, 9.17) is 4.98 Å². The van der Waals surface area contributed by atoms with Crippen LogP contribution in [0.5, 0.6) is 0 Å². The Bertz CT molecular complexity index is 1430. The molecule has 0 saturated heterocycles. The second kappa shape index (κ2) is 10.7. The predicted octanol–water partition coefficient (Wildman–Crippen LogP) is 7.94. The number of aromatic nitrogens is 3. The van der Waals surface area contributed by atoms with Crippen LogP contribution in [0, 0.1) is 12.1 Å². The molecular formula is C32H29IrN3-2. The number of hydrogen-bond acceptors (Lipinski definition) is 2. The normalized spacial score (nSPS) is 13.1. The van der Waals surface area contributed by atoms with Crippen molar-refractivity contribution in [1.29, 1.82) is 0 Å². The Morgan fingerprint density at radius 3 is 2.17 bits per heavy atom. The minimum Gasteiger partial charge on any atom is -0.355 e. The smallest absolute Gasteiger partial charge is 0.0780 e. The zero-order chi connectivity index (χ0) is 24.4. The summed E-state index contributed by atoms with van der Waals surface area (Å²) in [6.45, 7) is 8.92. The van der Waals surface area contributed by atoms with E-state index in [0.717, 1.165) is 28.2 Å². The molecular weight excluding hydrogens is 619 g/mol. The third-order valence-electron chi connectivity index (χ3n) is 6.32. The van der Waals surface area contributed by atoms with E-state index in [1.807, 2.05) is 60.7 Å². The molecule has 0 fully saturated rings. The molecule has 3 aromatic carbocycles. The fourth-order valence-electron chi connectivity index (χ4n) is 4.44. The van der Waals surface area contributed by atoms with Gasteiger partial charge in [0.15, 0.2) is 0 Å². The van der Waals surface area contributed by atoms with Crippen molar-refractivity contribution in [2.24, 2.45) is 0 Å². The second-order valence-corrected chi connectivity index (χ2v) is 9.66. The van der Waals surface area contributed by atoms with Gasteiger partial charge in [0.2, 0.25) is 0 Å². The van der Waals surface area contributed by atoms with Crippen molar-refractivity contribution in [3.63, 3.8) is 0 Å². The summed E-state index contributed by atoms with van der Waals surface area (Å²) in [5, 5.41) is 0. The molecule has 0 unspecified atom stereocenters. The molecule has 3 heterocycles. The fourth-order valence-corrected chi connectivity index (χ4v) is 4.44. The minimum atomic E-state index is -0.0971. The molecule has 0 N–H and O–H groups in total. The van der Waals surface area contributed by atoms with Crippen LogP contribution in [-0.4, -0.2) is 14.5 Å². The van der Waals surface area contributed by atoms with E-state index in [-0.39, 0.29) is 25.6 Å². The summed E-state index contributed by atoms with van der Waals surface area (Å²) in [6, 6.07) is 32.8. The quantitative estimate of drug-likeness (QED) is 0.186. The van der Waals surface area contributed by atoms with Crippen LogP contribution in [0.1, 0.15) is 44.7 Å². The van der Waals surface area contributed by atoms with Gasteiger partial charge >= 0.3 is 0 Å². The molecule has 183 valence electrons. The van der Waals surface area contributed by atoms with Crippen LogP contribution in [0.2, 0.25) is 0 Å². The molecule has 0 bridgehead atoms. The Morgan fingerprint density at radius 1 is 0.861 bits per heavy atom. The van der Waals surface area contributed by atoms with E-state index in [0.29, 0.717) is 5.92 Å². The summed E-state index contributed by atoms with van der Waals surface area (Å²) < 4.78 is 2.35. The summed E-state index contributed by atoms with van der Waals surface area (Å²) in [5.74, 6) is 1.49. The van der Waals surface area contributed by atoms with Gasteiger partial charge in [0.1, 0.15) is 0 Å². The van der Waals surface area contributed by atoms with Crippen LogP contribution in [0.3, 0.4) is 0 Å². The molecule has 5 aromatic rings. The van der Waals surface area contributed by atoms with Crippen molar-refractivity contribution in [2.75, 3.05) is 0 Å². The van der Waals surface area contributed by atoms with E-state index in [9.17, 15) is 0 Å². The number of benzene rings is 3. The maximum absolute atomic E-state index is 4.98. The van der Waals surface area contributed by atoms with Crippen LogP contribution in [0.25, 0.3) is 39.8 Å². The van der Waals surface area contributed by atoms with Crippen LogP contribution < -0.4 is 0 Å². The van der Waals surface area contributed by atoms with Gasteiger partial charge in [0, 0.05) is 26.3 Å². The second-order valence-electron chi connectivity index (χ2n) is 9.66. The van der Waals surface area contributed by atoms with Crippen molar-refractivity contribution in [1.82, 2.24) is 14.5 Å². The maximum Gasteiger partial charge on any atom is 0.0780 e. The van der Waals surface area contributed by atoms with Gasteiger partial charge in [-0.25, -0.2) is 0 Å². The van der Waals surface area contributed by atoms with E-state index in [2.05, 4.69) is 79.7 Å². The maximum atomic E-state index is 4.98. The molecule has 1 radical (unpaired) electrons. The molecule has 36 heavy (non-hydrogen) atoms. The van der Waals surface area contributed by atoms with Crippen molar-refractivity contribution in [2.45, 2.75) is 39.2 Å². The molecule has 3 nitrogen and oxygen atoms in total. The number of imidazole rings is 1. The Morgan fingerprint density at radius 2 is 1.56 bits per heavy atom. The van der Waals surface area contributed by atoms with Gasteiger partial charge in [-0.1, -0.05) is 38.1 Å². The molecule has 6 rings (SSSR count). The Labute approximate surface area is 227 Å². The van der Waals surface area contributed by atoms with Crippen molar-refractivity contribution >= 4 is 17.1 Å². The van der Waals surface area contributed by atoms with E-state index in [1.54, 1.807) is 6.20 Å².